The van der Waals surface area contributed by atoms with Crippen molar-refractivity contribution < 1.29 is 4.74 Å². The van der Waals surface area contributed by atoms with E-state index in [2.05, 4.69) is 76.0 Å². The molecule has 0 bridgehead atoms. The Labute approximate surface area is 206 Å². The van der Waals surface area contributed by atoms with Gasteiger partial charge >= 0.3 is 0 Å². The van der Waals surface area contributed by atoms with Crippen LogP contribution >= 0.6 is 0 Å². The van der Waals surface area contributed by atoms with Crippen LogP contribution in [0.2, 0.25) is 0 Å². The first-order valence-electron chi connectivity index (χ1n) is 12.7. The number of rotatable bonds is 7. The number of hydrogen-bond donors (Lipinski definition) is 2. The Bertz CT molecular complexity index is 926. The normalized spacial score (nSPS) is 17.6. The second kappa shape index (κ2) is 11.3. The van der Waals surface area contributed by atoms with E-state index in [1.54, 1.807) is 0 Å². The molecule has 3 N–H and O–H groups in total. The van der Waals surface area contributed by atoms with Crippen LogP contribution in [0.1, 0.15) is 65.5 Å². The Kier molecular flexibility index (Phi) is 8.64. The van der Waals surface area contributed by atoms with Crippen molar-refractivity contribution in [2.75, 3.05) is 26.2 Å². The quantitative estimate of drug-likeness (QED) is 0.398. The van der Waals surface area contributed by atoms with Crippen LogP contribution in [-0.2, 0) is 12.0 Å². The molecule has 2 aromatic rings. The molecule has 0 amide bonds. The van der Waals surface area contributed by atoms with Gasteiger partial charge < -0.3 is 20.7 Å². The van der Waals surface area contributed by atoms with Gasteiger partial charge in [0.25, 0.3) is 0 Å². The zero-order valence-electron chi connectivity index (χ0n) is 22.0. The number of hydrogen-bond acceptors (Lipinski definition) is 3. The molecule has 3 rings (SSSR count). The molecular weight excluding hydrogens is 420 g/mol. The summed E-state index contributed by atoms with van der Waals surface area (Å²) in [6, 6.07) is 16.8. The van der Waals surface area contributed by atoms with Crippen molar-refractivity contribution in [2.45, 2.75) is 66.4 Å². The lowest BCUT2D eigenvalue weighted by molar-refractivity contribution is 0.261. The SMILES string of the molecule is CC1CCCN(/C(=N\c2ccc(OCc3ccc(C(C)(C)C)cc3)cc2)NCC(C)(C)CN)C1. The van der Waals surface area contributed by atoms with E-state index in [4.69, 9.17) is 15.5 Å². The smallest absolute Gasteiger partial charge is 0.199 e. The lowest BCUT2D eigenvalue weighted by Gasteiger charge is -2.35. The van der Waals surface area contributed by atoms with Crippen LogP contribution in [0.5, 0.6) is 5.75 Å². The Morgan fingerprint density at radius 1 is 1.06 bits per heavy atom. The predicted octanol–water partition coefficient (Wildman–Crippen LogP) is 5.86. The molecule has 0 radical (unpaired) electrons. The number of likely N-dealkylation sites (tertiary alicyclic amines) is 1. The second-order valence-corrected chi connectivity index (χ2v) is 11.6. The molecule has 1 aliphatic rings. The van der Waals surface area contributed by atoms with Gasteiger partial charge in [0.15, 0.2) is 5.96 Å². The Morgan fingerprint density at radius 2 is 1.74 bits per heavy atom. The third kappa shape index (κ3) is 7.76. The number of ether oxygens (including phenoxy) is 1. The fourth-order valence-electron chi connectivity index (χ4n) is 4.00. The summed E-state index contributed by atoms with van der Waals surface area (Å²) in [5.41, 5.74) is 9.56. The highest BCUT2D eigenvalue weighted by Gasteiger charge is 2.22. The molecule has 5 heteroatoms. The summed E-state index contributed by atoms with van der Waals surface area (Å²) in [5, 5.41) is 3.59. The van der Waals surface area contributed by atoms with Crippen molar-refractivity contribution in [3.8, 4) is 5.75 Å². The lowest BCUT2D eigenvalue weighted by Crippen LogP contribution is -2.49. The molecule has 34 heavy (non-hydrogen) atoms. The molecule has 1 heterocycles. The molecule has 0 saturated carbocycles. The van der Waals surface area contributed by atoms with E-state index in [-0.39, 0.29) is 10.8 Å². The van der Waals surface area contributed by atoms with E-state index in [0.717, 1.165) is 37.0 Å². The number of nitrogens with one attached hydrogen (secondary N) is 1. The molecule has 1 fully saturated rings. The molecule has 1 aliphatic heterocycles. The first-order chi connectivity index (χ1) is 16.1. The van der Waals surface area contributed by atoms with E-state index >= 15 is 0 Å². The van der Waals surface area contributed by atoms with Crippen LogP contribution in [0.4, 0.5) is 5.69 Å². The molecule has 0 aromatic heterocycles. The first-order valence-corrected chi connectivity index (χ1v) is 12.7. The monoisotopic (exact) mass is 464 g/mol. The third-order valence-corrected chi connectivity index (χ3v) is 6.53. The van der Waals surface area contributed by atoms with Gasteiger partial charge in [-0.05, 0) is 71.5 Å². The van der Waals surface area contributed by atoms with Gasteiger partial charge in [-0.15, -0.1) is 0 Å². The minimum atomic E-state index is 0.0188. The van der Waals surface area contributed by atoms with Crippen molar-refractivity contribution in [3.63, 3.8) is 0 Å². The summed E-state index contributed by atoms with van der Waals surface area (Å²) in [4.78, 5) is 7.36. The van der Waals surface area contributed by atoms with Gasteiger partial charge in [0, 0.05) is 19.6 Å². The number of guanidine groups is 1. The topological polar surface area (TPSA) is 62.9 Å². The van der Waals surface area contributed by atoms with Crippen LogP contribution in [0.25, 0.3) is 0 Å². The highest BCUT2D eigenvalue weighted by molar-refractivity contribution is 5.83. The summed E-state index contributed by atoms with van der Waals surface area (Å²) in [6.07, 6.45) is 2.48. The van der Waals surface area contributed by atoms with Crippen LogP contribution in [0.15, 0.2) is 53.5 Å². The second-order valence-electron chi connectivity index (χ2n) is 11.6. The van der Waals surface area contributed by atoms with Gasteiger partial charge in [0.2, 0.25) is 0 Å². The fraction of sp³-hybridized carbons (Fsp3) is 0.552. The van der Waals surface area contributed by atoms with E-state index < -0.39 is 0 Å². The summed E-state index contributed by atoms with van der Waals surface area (Å²) in [7, 11) is 0. The molecular formula is C29H44N4O. The van der Waals surface area contributed by atoms with Crippen LogP contribution in [0.3, 0.4) is 0 Å². The molecule has 0 aliphatic carbocycles. The van der Waals surface area contributed by atoms with Crippen molar-refractivity contribution in [1.29, 1.82) is 0 Å². The predicted molar refractivity (Wildman–Crippen MR) is 144 cm³/mol. The van der Waals surface area contributed by atoms with E-state index in [1.807, 2.05) is 24.3 Å². The van der Waals surface area contributed by atoms with Gasteiger partial charge in [0.1, 0.15) is 12.4 Å². The minimum absolute atomic E-state index is 0.0188. The van der Waals surface area contributed by atoms with Gasteiger partial charge in [0.05, 0.1) is 5.69 Å². The largest absolute Gasteiger partial charge is 0.489 e. The molecule has 1 saturated heterocycles. The van der Waals surface area contributed by atoms with Gasteiger partial charge in [-0.1, -0.05) is 65.8 Å². The number of piperidine rings is 1. The van der Waals surface area contributed by atoms with Crippen LogP contribution in [0, 0.1) is 11.3 Å². The van der Waals surface area contributed by atoms with Gasteiger partial charge in [-0.25, -0.2) is 4.99 Å². The zero-order chi connectivity index (χ0) is 24.8. The fourth-order valence-corrected chi connectivity index (χ4v) is 4.00. The maximum atomic E-state index is 6.03. The van der Waals surface area contributed by atoms with Crippen molar-refractivity contribution in [3.05, 3.63) is 59.7 Å². The van der Waals surface area contributed by atoms with Crippen molar-refractivity contribution in [2.24, 2.45) is 22.1 Å². The standard InChI is InChI=1S/C29H44N4O/c1-22-8-7-17-33(18-22)27(31-21-29(5,6)20-30)32-25-13-15-26(16-14-25)34-19-23-9-11-24(12-10-23)28(2,3)4/h9-16,22H,7-8,17-21,30H2,1-6H3,(H,31,32). The van der Waals surface area contributed by atoms with Gasteiger partial charge in [-0.2, -0.15) is 0 Å². The Morgan fingerprint density at radius 3 is 2.32 bits per heavy atom. The zero-order valence-corrected chi connectivity index (χ0v) is 22.0. The van der Waals surface area contributed by atoms with E-state index in [1.165, 1.54) is 24.0 Å². The molecule has 0 spiro atoms. The molecule has 1 unspecified atom stereocenters. The number of aliphatic imine (C=N–C) groups is 1. The molecule has 2 aromatic carbocycles. The molecule has 5 nitrogen and oxygen atoms in total. The summed E-state index contributed by atoms with van der Waals surface area (Å²) in [6.45, 7) is 17.4. The van der Waals surface area contributed by atoms with Crippen LogP contribution in [-0.4, -0.2) is 37.0 Å². The molecule has 186 valence electrons. The number of nitrogens with two attached hydrogens (primary N) is 1. The summed E-state index contributed by atoms with van der Waals surface area (Å²) >= 11 is 0. The Hall–Kier alpha value is -2.53. The average molecular weight is 465 g/mol. The highest BCUT2D eigenvalue weighted by atomic mass is 16.5. The highest BCUT2D eigenvalue weighted by Crippen LogP contribution is 2.24. The average Bonchev–Trinajstić information content (AvgIpc) is 2.81. The van der Waals surface area contributed by atoms with Crippen LogP contribution < -0.4 is 15.8 Å². The maximum absolute atomic E-state index is 6.03. The van der Waals surface area contributed by atoms with E-state index in [0.29, 0.717) is 19.1 Å². The van der Waals surface area contributed by atoms with Crippen molar-refractivity contribution >= 4 is 11.6 Å². The summed E-state index contributed by atoms with van der Waals surface area (Å²) < 4.78 is 6.03. The van der Waals surface area contributed by atoms with E-state index in [9.17, 15) is 0 Å². The van der Waals surface area contributed by atoms with Gasteiger partial charge in [-0.3, -0.25) is 0 Å². The lowest BCUT2D eigenvalue weighted by atomic mass is 9.87. The number of benzene rings is 2. The molecule has 1 atom stereocenters. The first kappa shape index (κ1) is 26.1. The maximum Gasteiger partial charge on any atom is 0.199 e. The third-order valence-electron chi connectivity index (χ3n) is 6.53. The summed E-state index contributed by atoms with van der Waals surface area (Å²) in [5.74, 6) is 2.47. The van der Waals surface area contributed by atoms with Crippen molar-refractivity contribution in [1.82, 2.24) is 10.2 Å². The minimum Gasteiger partial charge on any atom is -0.489 e. The number of nitrogens with zero attached hydrogens (tertiary/aromatic N) is 2. The Balaban J connectivity index is 1.66.